The number of hydrogen-bond acceptors (Lipinski definition) is 6. The van der Waals surface area contributed by atoms with Crippen LogP contribution in [0.3, 0.4) is 0 Å². The van der Waals surface area contributed by atoms with Crippen LogP contribution in [0, 0.1) is 0 Å². The topological polar surface area (TPSA) is 108 Å². The highest BCUT2D eigenvalue weighted by Crippen LogP contribution is 2.38. The van der Waals surface area contributed by atoms with Gasteiger partial charge in [0.05, 0.1) is 39.9 Å². The molecule has 0 saturated carbocycles. The van der Waals surface area contributed by atoms with Crippen LogP contribution in [0.25, 0.3) is 0 Å². The SMILES string of the molecule is CC/C=C\C/C=C\C/C=C\C/C=C\C/C=C\C/C=C\C/C=C\CCCCCCCCCCCCCCCCCCCC(=O)NC(COP(=O)([O-])OCC[N+](C)(C)C)C(O)/C=C/CC/C=C/CCCCCCCCCCCCCCCCCCCC. The van der Waals surface area contributed by atoms with Crippen LogP contribution in [0.4, 0.5) is 0 Å². The molecule has 0 aliphatic heterocycles. The van der Waals surface area contributed by atoms with Gasteiger partial charge >= 0.3 is 0 Å². The van der Waals surface area contributed by atoms with Gasteiger partial charge in [0.15, 0.2) is 0 Å². The Labute approximate surface area is 527 Å². The lowest BCUT2D eigenvalue weighted by Crippen LogP contribution is -2.45. The molecule has 0 fully saturated rings. The van der Waals surface area contributed by atoms with Gasteiger partial charge < -0.3 is 28.8 Å². The van der Waals surface area contributed by atoms with Gasteiger partial charge in [-0.1, -0.05) is 329 Å². The van der Waals surface area contributed by atoms with Crippen molar-refractivity contribution in [2.45, 2.75) is 328 Å². The van der Waals surface area contributed by atoms with Gasteiger partial charge in [0, 0.05) is 6.42 Å². The highest BCUT2D eigenvalue weighted by Gasteiger charge is 2.23. The average molecular weight is 1210 g/mol. The smallest absolute Gasteiger partial charge is 0.268 e. The fourth-order valence-corrected chi connectivity index (χ4v) is 10.9. The summed E-state index contributed by atoms with van der Waals surface area (Å²) in [5, 5.41) is 13.9. The van der Waals surface area contributed by atoms with E-state index in [1.807, 2.05) is 27.2 Å². The summed E-state index contributed by atoms with van der Waals surface area (Å²) in [4.78, 5) is 25.6. The lowest BCUT2D eigenvalue weighted by Gasteiger charge is -2.29. The van der Waals surface area contributed by atoms with Crippen LogP contribution in [0.2, 0.25) is 0 Å². The van der Waals surface area contributed by atoms with E-state index < -0.39 is 26.6 Å². The first kappa shape index (κ1) is 82.2. The van der Waals surface area contributed by atoms with E-state index in [4.69, 9.17) is 9.05 Å². The van der Waals surface area contributed by atoms with Gasteiger partial charge in [-0.25, -0.2) is 0 Å². The molecular weight excluding hydrogens is 1070 g/mol. The van der Waals surface area contributed by atoms with Crippen molar-refractivity contribution in [3.05, 3.63) is 109 Å². The van der Waals surface area contributed by atoms with E-state index >= 15 is 0 Å². The van der Waals surface area contributed by atoms with Gasteiger partial charge in [0.1, 0.15) is 13.2 Å². The Hall–Kier alpha value is -2.84. The van der Waals surface area contributed by atoms with E-state index in [1.54, 1.807) is 6.08 Å². The molecule has 492 valence electrons. The fraction of sp³-hybridized carbons (Fsp3) is 0.750. The molecule has 2 N–H and O–H groups in total. The molecule has 0 rings (SSSR count). The van der Waals surface area contributed by atoms with Crippen LogP contribution in [0.15, 0.2) is 109 Å². The average Bonchev–Trinajstić information content (AvgIpc) is 3.49. The molecule has 8 nitrogen and oxygen atoms in total. The Morgan fingerprint density at radius 3 is 1.09 bits per heavy atom. The summed E-state index contributed by atoms with van der Waals surface area (Å²) in [5.41, 5.74) is 0. The molecule has 0 aromatic heterocycles. The molecule has 0 aromatic rings. The highest BCUT2D eigenvalue weighted by atomic mass is 31.2. The number of carbonyl (C=O) groups excluding carboxylic acids is 1. The predicted octanol–water partition coefficient (Wildman–Crippen LogP) is 22.4. The van der Waals surface area contributed by atoms with Crippen LogP contribution < -0.4 is 10.2 Å². The maximum Gasteiger partial charge on any atom is 0.268 e. The van der Waals surface area contributed by atoms with Crippen molar-refractivity contribution in [2.75, 3.05) is 40.9 Å². The Balaban J connectivity index is 4.06. The van der Waals surface area contributed by atoms with E-state index in [0.717, 1.165) is 83.5 Å². The molecule has 0 aliphatic carbocycles. The molecule has 0 bridgehead atoms. The number of aliphatic hydroxyl groups is 1. The minimum Gasteiger partial charge on any atom is -0.756 e. The summed E-state index contributed by atoms with van der Waals surface area (Å²) in [6.07, 6.45) is 96.5. The van der Waals surface area contributed by atoms with E-state index in [0.29, 0.717) is 17.4 Å². The molecule has 85 heavy (non-hydrogen) atoms. The van der Waals surface area contributed by atoms with Crippen LogP contribution >= 0.6 is 7.82 Å². The molecule has 0 aromatic carbocycles. The molecule has 0 saturated heterocycles. The number of hydrogen-bond donors (Lipinski definition) is 2. The molecule has 1 amide bonds. The summed E-state index contributed by atoms with van der Waals surface area (Å²) in [7, 11) is 1.25. The normalized spacial score (nSPS) is 14.3. The highest BCUT2D eigenvalue weighted by molar-refractivity contribution is 7.45. The van der Waals surface area contributed by atoms with Crippen molar-refractivity contribution >= 4 is 13.7 Å². The fourth-order valence-electron chi connectivity index (χ4n) is 10.2. The Kier molecular flexibility index (Phi) is 63.4. The number of quaternary nitrogens is 1. The second-order valence-corrected chi connectivity index (χ2v) is 26.6. The van der Waals surface area contributed by atoms with Gasteiger partial charge in [-0.3, -0.25) is 9.36 Å². The van der Waals surface area contributed by atoms with Crippen LogP contribution in [0.5, 0.6) is 0 Å². The van der Waals surface area contributed by atoms with Gasteiger partial charge in [0.25, 0.3) is 7.82 Å². The number of nitrogens with one attached hydrogen (secondary N) is 1. The molecule has 9 heteroatoms. The van der Waals surface area contributed by atoms with Gasteiger partial charge in [-0.15, -0.1) is 0 Å². The standard InChI is InChI=1S/C76H137N2O6P/c1-6-8-10-12-14-16-18-20-22-24-26-28-30-32-33-34-35-36-37-38-39-40-41-42-43-44-45-46-48-50-52-54-56-58-60-62-64-66-68-70-76(80)77-74(73-84-85(81,82)83-72-71-78(3,4)5)75(79)69-67-65-63-61-59-57-55-53-51-49-47-31-29-27-25-23-21-19-17-15-13-11-9-7-2/h8,10,14,16,20,22,26,28,32-33,35-36,38-39,59,61,67,69,74-75,79H,6-7,9,11-13,15,17-19,21,23-25,27,29-31,34,37,40-58,60,62-66,68,70-73H2,1-5H3,(H-,77,80,81,82)/b10-8-,16-14-,22-20-,28-26-,33-32-,36-35-,39-38-,61-59+,69-67+. The number of allylic oxidation sites excluding steroid dienone is 17. The third kappa shape index (κ3) is 68.5. The van der Waals surface area contributed by atoms with Gasteiger partial charge in [-0.2, -0.15) is 0 Å². The lowest BCUT2D eigenvalue weighted by molar-refractivity contribution is -0.870. The van der Waals surface area contributed by atoms with Gasteiger partial charge in [-0.05, 0) is 89.9 Å². The largest absolute Gasteiger partial charge is 0.756 e. The number of carbonyl (C=O) groups is 1. The first-order chi connectivity index (χ1) is 41.5. The molecule has 0 spiro atoms. The third-order valence-corrected chi connectivity index (χ3v) is 16.7. The predicted molar refractivity (Wildman–Crippen MR) is 371 cm³/mol. The molecule has 3 unspecified atom stereocenters. The number of phosphoric ester groups is 1. The van der Waals surface area contributed by atoms with Crippen molar-refractivity contribution in [1.82, 2.24) is 5.32 Å². The number of amides is 1. The number of aliphatic hydroxyl groups excluding tert-OH is 1. The summed E-state index contributed by atoms with van der Waals surface area (Å²) < 4.78 is 23.4. The molecule has 0 aliphatic rings. The third-order valence-electron chi connectivity index (χ3n) is 15.7. The van der Waals surface area contributed by atoms with Crippen molar-refractivity contribution < 1.29 is 32.9 Å². The van der Waals surface area contributed by atoms with Crippen molar-refractivity contribution in [3.8, 4) is 0 Å². The molecular formula is C76H137N2O6P. The Bertz CT molecular complexity index is 1760. The number of likely N-dealkylation sites (N-methyl/N-ethyl adjacent to an activating group) is 1. The molecule has 3 atom stereocenters. The first-order valence-electron chi connectivity index (χ1n) is 35.7. The van der Waals surface area contributed by atoms with Crippen molar-refractivity contribution in [3.63, 3.8) is 0 Å². The monoisotopic (exact) mass is 1210 g/mol. The van der Waals surface area contributed by atoms with Gasteiger partial charge in [0.2, 0.25) is 5.91 Å². The lowest BCUT2D eigenvalue weighted by atomic mass is 10.0. The zero-order valence-electron chi connectivity index (χ0n) is 56.3. The number of unbranched alkanes of at least 4 members (excludes halogenated alkanes) is 36. The zero-order chi connectivity index (χ0) is 61.9. The van der Waals surface area contributed by atoms with Crippen LogP contribution in [0.1, 0.15) is 316 Å². The number of phosphoric acid groups is 1. The minimum absolute atomic E-state index is 0.00876. The van der Waals surface area contributed by atoms with E-state index in [9.17, 15) is 19.4 Å². The summed E-state index contributed by atoms with van der Waals surface area (Å²) in [5.74, 6) is -0.206. The summed E-state index contributed by atoms with van der Waals surface area (Å²) in [6, 6.07) is -0.909. The van der Waals surface area contributed by atoms with E-state index in [-0.39, 0.29) is 12.5 Å². The second kappa shape index (κ2) is 65.6. The zero-order valence-corrected chi connectivity index (χ0v) is 57.2. The second-order valence-electron chi connectivity index (χ2n) is 25.2. The Morgan fingerprint density at radius 1 is 0.424 bits per heavy atom. The maximum atomic E-state index is 13.0. The molecule has 0 heterocycles. The van der Waals surface area contributed by atoms with Crippen LogP contribution in [-0.2, 0) is 18.4 Å². The Morgan fingerprint density at radius 2 is 0.729 bits per heavy atom. The number of nitrogens with zero attached hydrogens (tertiary/aromatic N) is 1. The number of rotatable bonds is 65. The summed E-state index contributed by atoms with van der Waals surface area (Å²) in [6.45, 7) is 4.54. The van der Waals surface area contributed by atoms with Crippen molar-refractivity contribution in [1.29, 1.82) is 0 Å². The molecule has 0 radical (unpaired) electrons. The van der Waals surface area contributed by atoms with E-state index in [2.05, 4.69) is 116 Å². The quantitative estimate of drug-likeness (QED) is 0.0272. The minimum atomic E-state index is -4.62. The summed E-state index contributed by atoms with van der Waals surface area (Å²) >= 11 is 0. The first-order valence-corrected chi connectivity index (χ1v) is 37.2. The van der Waals surface area contributed by atoms with Crippen molar-refractivity contribution in [2.24, 2.45) is 0 Å². The van der Waals surface area contributed by atoms with Crippen LogP contribution in [-0.4, -0.2) is 68.5 Å². The maximum absolute atomic E-state index is 13.0. The van der Waals surface area contributed by atoms with E-state index in [1.165, 1.54) is 212 Å².